The third kappa shape index (κ3) is 5.19. The predicted octanol–water partition coefficient (Wildman–Crippen LogP) is 3.58. The molecule has 0 saturated heterocycles. The summed E-state index contributed by atoms with van der Waals surface area (Å²) in [7, 11) is 1.29. The van der Waals surface area contributed by atoms with Gasteiger partial charge in [-0.1, -0.05) is 43.7 Å². The van der Waals surface area contributed by atoms with E-state index in [4.69, 9.17) is 14.2 Å². The number of dihydropyridines is 1. The molecule has 0 bridgehead atoms. The fourth-order valence-electron chi connectivity index (χ4n) is 4.56. The van der Waals surface area contributed by atoms with Crippen molar-refractivity contribution in [1.29, 1.82) is 0 Å². The van der Waals surface area contributed by atoms with Crippen molar-refractivity contribution >= 4 is 17.7 Å². The molecule has 178 valence electrons. The number of hydrogen-bond acceptors (Lipinski definition) is 7. The van der Waals surface area contributed by atoms with Crippen LogP contribution in [-0.2, 0) is 28.6 Å². The fourth-order valence-corrected chi connectivity index (χ4v) is 4.56. The number of hydrogen-bond donors (Lipinski definition) is 1. The Hall–Kier alpha value is -2.93. The Bertz CT molecular complexity index is 975. The van der Waals surface area contributed by atoms with Gasteiger partial charge in [0.05, 0.1) is 19.3 Å². The molecule has 0 saturated carbocycles. The minimum absolute atomic E-state index is 0.123. The van der Waals surface area contributed by atoms with Crippen molar-refractivity contribution in [3.8, 4) is 0 Å². The third-order valence-corrected chi connectivity index (χ3v) is 6.18. The van der Waals surface area contributed by atoms with Crippen molar-refractivity contribution in [3.05, 3.63) is 57.9 Å². The van der Waals surface area contributed by atoms with Gasteiger partial charge in [0.2, 0.25) is 0 Å². The molecule has 1 heterocycles. The number of methoxy groups -OCH3 is 1. The van der Waals surface area contributed by atoms with Crippen LogP contribution in [0.3, 0.4) is 0 Å². The molecule has 0 fully saturated rings. The normalized spacial score (nSPS) is 22.6. The van der Waals surface area contributed by atoms with E-state index in [1.54, 1.807) is 0 Å². The van der Waals surface area contributed by atoms with Crippen LogP contribution in [0.1, 0.15) is 50.7 Å². The van der Waals surface area contributed by atoms with Gasteiger partial charge in [0, 0.05) is 29.5 Å². The predicted molar refractivity (Wildman–Crippen MR) is 123 cm³/mol. The van der Waals surface area contributed by atoms with E-state index in [1.165, 1.54) is 7.11 Å². The van der Waals surface area contributed by atoms with Crippen molar-refractivity contribution in [2.24, 2.45) is 11.8 Å². The van der Waals surface area contributed by atoms with Crippen molar-refractivity contribution in [2.75, 3.05) is 26.9 Å². The molecule has 7 heteroatoms. The number of carbonyl (C=O) groups is 3. The van der Waals surface area contributed by atoms with E-state index in [1.807, 2.05) is 52.0 Å². The number of aryl methyl sites for hydroxylation is 1. The maximum Gasteiger partial charge on any atom is 0.336 e. The number of esters is 2. The standard InChI is InChI=1S/C26H33NO6/c1-6-11-32-12-13-33-26(30)21-17(4)27-19-14-16(3)20(25(29)31-5)24(28)23(19)22(21)18-9-7-15(2)8-10-18/h7-10,16,20,22,27H,6,11-14H2,1-5H3/t16-,20-,22+/m1/s1. The van der Waals surface area contributed by atoms with E-state index in [2.05, 4.69) is 5.32 Å². The Morgan fingerprint density at radius 1 is 1.09 bits per heavy atom. The minimum atomic E-state index is -0.901. The first-order valence-electron chi connectivity index (χ1n) is 11.4. The van der Waals surface area contributed by atoms with Crippen LogP contribution in [0.2, 0.25) is 0 Å². The van der Waals surface area contributed by atoms with Gasteiger partial charge in [-0.15, -0.1) is 0 Å². The molecular weight excluding hydrogens is 422 g/mol. The van der Waals surface area contributed by atoms with Gasteiger partial charge in [-0.25, -0.2) is 4.79 Å². The van der Waals surface area contributed by atoms with Crippen LogP contribution in [0, 0.1) is 18.8 Å². The summed E-state index contributed by atoms with van der Waals surface area (Å²) < 4.78 is 15.9. The van der Waals surface area contributed by atoms with Crippen LogP contribution in [0.4, 0.5) is 0 Å². The molecule has 1 aliphatic carbocycles. The topological polar surface area (TPSA) is 90.9 Å². The molecule has 7 nitrogen and oxygen atoms in total. The number of allylic oxidation sites excluding steroid dienone is 3. The van der Waals surface area contributed by atoms with Gasteiger partial charge < -0.3 is 19.5 Å². The first-order valence-corrected chi connectivity index (χ1v) is 11.4. The molecule has 0 radical (unpaired) electrons. The largest absolute Gasteiger partial charge is 0.468 e. The Balaban J connectivity index is 2.01. The summed E-state index contributed by atoms with van der Waals surface area (Å²) in [5, 5.41) is 3.26. The molecule has 0 amide bonds. The molecule has 1 aromatic rings. The Morgan fingerprint density at radius 3 is 2.42 bits per heavy atom. The third-order valence-electron chi connectivity index (χ3n) is 6.18. The fraction of sp³-hybridized carbons (Fsp3) is 0.500. The Labute approximate surface area is 195 Å². The van der Waals surface area contributed by atoms with E-state index < -0.39 is 23.8 Å². The number of benzene rings is 1. The van der Waals surface area contributed by atoms with E-state index in [0.29, 0.717) is 36.5 Å². The summed E-state index contributed by atoms with van der Waals surface area (Å²) >= 11 is 0. The van der Waals surface area contributed by atoms with Crippen LogP contribution >= 0.6 is 0 Å². The van der Waals surface area contributed by atoms with E-state index >= 15 is 0 Å². The van der Waals surface area contributed by atoms with Crippen molar-refractivity contribution in [1.82, 2.24) is 5.32 Å². The van der Waals surface area contributed by atoms with Gasteiger partial charge in [0.15, 0.2) is 5.78 Å². The second-order valence-corrected chi connectivity index (χ2v) is 8.69. The molecule has 1 aromatic carbocycles. The maximum atomic E-state index is 13.6. The molecule has 2 aliphatic rings. The maximum absolute atomic E-state index is 13.6. The quantitative estimate of drug-likeness (QED) is 0.364. The van der Waals surface area contributed by atoms with Gasteiger partial charge in [0.1, 0.15) is 12.5 Å². The number of ether oxygens (including phenoxy) is 3. The van der Waals surface area contributed by atoms with E-state index in [-0.39, 0.29) is 18.3 Å². The molecule has 1 N–H and O–H groups in total. The van der Waals surface area contributed by atoms with Crippen molar-refractivity contribution in [3.63, 3.8) is 0 Å². The minimum Gasteiger partial charge on any atom is -0.468 e. The first kappa shape index (κ1) is 24.7. The summed E-state index contributed by atoms with van der Waals surface area (Å²) in [6, 6.07) is 7.73. The lowest BCUT2D eigenvalue weighted by Gasteiger charge is -2.38. The number of nitrogens with one attached hydrogen (secondary N) is 1. The second kappa shape index (κ2) is 10.8. The van der Waals surface area contributed by atoms with E-state index in [9.17, 15) is 14.4 Å². The van der Waals surface area contributed by atoms with Crippen molar-refractivity contribution < 1.29 is 28.6 Å². The zero-order chi connectivity index (χ0) is 24.1. The summed E-state index contributed by atoms with van der Waals surface area (Å²) in [4.78, 5) is 39.3. The van der Waals surface area contributed by atoms with Crippen LogP contribution in [0.5, 0.6) is 0 Å². The SMILES string of the molecule is CCCOCCOC(=O)C1=C(C)NC2=C(C(=O)[C@H](C(=O)OC)[C@H](C)C2)[C@H]1c1ccc(C)cc1. The first-order chi connectivity index (χ1) is 15.8. The van der Waals surface area contributed by atoms with Gasteiger partial charge in [-0.3, -0.25) is 9.59 Å². The molecule has 3 rings (SSSR count). The van der Waals surface area contributed by atoms with E-state index in [0.717, 1.165) is 23.2 Å². The molecule has 3 atom stereocenters. The van der Waals surface area contributed by atoms with Gasteiger partial charge in [-0.2, -0.15) is 0 Å². The summed E-state index contributed by atoms with van der Waals surface area (Å²) in [6.07, 6.45) is 1.39. The molecule has 0 aromatic heterocycles. The van der Waals surface area contributed by atoms with Gasteiger partial charge >= 0.3 is 11.9 Å². The Morgan fingerprint density at radius 2 is 1.79 bits per heavy atom. The average Bonchev–Trinajstić information content (AvgIpc) is 2.78. The van der Waals surface area contributed by atoms with Gasteiger partial charge in [0.25, 0.3) is 0 Å². The molecule has 0 spiro atoms. The number of ketones is 1. The highest BCUT2D eigenvalue weighted by molar-refractivity contribution is 6.12. The van der Waals surface area contributed by atoms with Crippen LogP contribution in [0.25, 0.3) is 0 Å². The highest BCUT2D eigenvalue weighted by Gasteiger charge is 2.47. The van der Waals surface area contributed by atoms with Gasteiger partial charge in [-0.05, 0) is 38.2 Å². The highest BCUT2D eigenvalue weighted by Crippen LogP contribution is 2.45. The average molecular weight is 456 g/mol. The number of Topliss-reactive ketones (excluding diaryl/α,β-unsaturated/α-hetero) is 1. The lowest BCUT2D eigenvalue weighted by molar-refractivity contribution is -0.151. The van der Waals surface area contributed by atoms with Crippen LogP contribution < -0.4 is 5.32 Å². The highest BCUT2D eigenvalue weighted by atomic mass is 16.6. The number of rotatable bonds is 8. The summed E-state index contributed by atoms with van der Waals surface area (Å²) in [6.45, 7) is 8.70. The lowest BCUT2D eigenvalue weighted by Crippen LogP contribution is -2.43. The van der Waals surface area contributed by atoms with Crippen molar-refractivity contribution in [2.45, 2.75) is 46.5 Å². The Kier molecular flexibility index (Phi) is 8.08. The summed E-state index contributed by atoms with van der Waals surface area (Å²) in [5.41, 5.74) is 4.08. The smallest absolute Gasteiger partial charge is 0.336 e. The zero-order valence-corrected chi connectivity index (χ0v) is 20.0. The lowest BCUT2D eigenvalue weighted by atomic mass is 9.69. The monoisotopic (exact) mass is 455 g/mol. The number of carbonyl (C=O) groups excluding carboxylic acids is 3. The molecule has 33 heavy (non-hydrogen) atoms. The van der Waals surface area contributed by atoms with Crippen LogP contribution in [0.15, 0.2) is 46.8 Å². The molecular formula is C26H33NO6. The molecule has 0 unspecified atom stereocenters. The second-order valence-electron chi connectivity index (χ2n) is 8.69. The zero-order valence-electron chi connectivity index (χ0n) is 20.0. The van der Waals surface area contributed by atoms with Crippen LogP contribution in [-0.4, -0.2) is 44.7 Å². The summed E-state index contributed by atoms with van der Waals surface area (Å²) in [5.74, 6) is -3.10. The molecule has 1 aliphatic heterocycles.